The van der Waals surface area contributed by atoms with Gasteiger partial charge in [0.15, 0.2) is 0 Å². The van der Waals surface area contributed by atoms with Crippen LogP contribution >= 0.6 is 0 Å². The number of hydrogen-bond acceptors (Lipinski definition) is 3. The summed E-state index contributed by atoms with van der Waals surface area (Å²) >= 11 is 0. The molecule has 0 aliphatic carbocycles. The first-order chi connectivity index (χ1) is 11.3. The van der Waals surface area contributed by atoms with Gasteiger partial charge in [-0.2, -0.15) is 0 Å². The van der Waals surface area contributed by atoms with Crippen molar-refractivity contribution in [3.8, 4) is 0 Å². The minimum Gasteiger partial charge on any atom is -0.368 e. The maximum Gasteiger partial charge on any atom is 0.251 e. The second-order valence-corrected chi connectivity index (χ2v) is 6.31. The Morgan fingerprint density at radius 1 is 1.00 bits per heavy atom. The molecule has 2 aromatic carbocycles. The average molecular weight is 310 g/mol. The van der Waals surface area contributed by atoms with E-state index in [0.717, 1.165) is 45.6 Å². The number of carbonyl (C=O) groups excluding carboxylic acids is 1. The van der Waals surface area contributed by atoms with Gasteiger partial charge in [-0.25, -0.2) is 0 Å². The van der Waals surface area contributed by atoms with Crippen LogP contribution in [0.4, 0.5) is 5.69 Å². The molecular formula is C19H22N2O2. The molecule has 0 spiro atoms. The van der Waals surface area contributed by atoms with Crippen LogP contribution in [-0.2, 0) is 9.53 Å². The monoisotopic (exact) mass is 310 g/mol. The van der Waals surface area contributed by atoms with Crippen LogP contribution in [0.25, 0.3) is 10.8 Å². The number of amides is 1. The lowest BCUT2D eigenvalue weighted by Crippen LogP contribution is -2.51. The van der Waals surface area contributed by atoms with Crippen LogP contribution in [0.1, 0.15) is 12.8 Å². The molecule has 23 heavy (non-hydrogen) atoms. The number of carbonyl (C=O) groups is 1. The summed E-state index contributed by atoms with van der Waals surface area (Å²) in [6.07, 6.45) is 1.69. The van der Waals surface area contributed by atoms with Gasteiger partial charge in [0, 0.05) is 43.9 Å². The molecule has 4 heteroatoms. The van der Waals surface area contributed by atoms with E-state index >= 15 is 0 Å². The lowest BCUT2D eigenvalue weighted by atomic mass is 10.1. The Balaban J connectivity index is 1.47. The number of rotatable bonds is 2. The molecule has 2 heterocycles. The lowest BCUT2D eigenvalue weighted by molar-refractivity contribution is -0.141. The maximum absolute atomic E-state index is 12.4. The molecule has 0 N–H and O–H groups in total. The van der Waals surface area contributed by atoms with Gasteiger partial charge in [-0.15, -0.1) is 0 Å². The molecule has 1 atom stereocenters. The van der Waals surface area contributed by atoms with E-state index in [0.29, 0.717) is 0 Å². The first kappa shape index (κ1) is 14.5. The predicted octanol–water partition coefficient (Wildman–Crippen LogP) is 2.67. The van der Waals surface area contributed by atoms with Crippen LogP contribution in [0.2, 0.25) is 0 Å². The molecule has 4 nitrogen and oxygen atoms in total. The molecule has 2 saturated heterocycles. The topological polar surface area (TPSA) is 32.8 Å². The van der Waals surface area contributed by atoms with Gasteiger partial charge in [0.2, 0.25) is 0 Å². The third kappa shape index (κ3) is 2.79. The van der Waals surface area contributed by atoms with E-state index in [4.69, 9.17) is 4.74 Å². The Labute approximate surface area is 136 Å². The molecule has 2 aromatic rings. The molecule has 2 fully saturated rings. The van der Waals surface area contributed by atoms with Crippen molar-refractivity contribution in [1.29, 1.82) is 0 Å². The number of nitrogens with zero attached hydrogens (tertiary/aromatic N) is 2. The number of fused-ring (bicyclic) bond motifs is 1. The molecule has 0 radical (unpaired) electrons. The third-order valence-electron chi connectivity index (χ3n) is 4.90. The van der Waals surface area contributed by atoms with Gasteiger partial charge in [-0.05, 0) is 24.3 Å². The van der Waals surface area contributed by atoms with Crippen LogP contribution < -0.4 is 4.90 Å². The molecule has 120 valence electrons. The molecule has 4 rings (SSSR count). The summed E-state index contributed by atoms with van der Waals surface area (Å²) in [5, 5.41) is 2.55. The van der Waals surface area contributed by atoms with Crippen molar-refractivity contribution < 1.29 is 9.53 Å². The number of hydrogen-bond donors (Lipinski definition) is 0. The highest BCUT2D eigenvalue weighted by atomic mass is 16.5. The van der Waals surface area contributed by atoms with Crippen molar-refractivity contribution in [3.05, 3.63) is 42.5 Å². The Morgan fingerprint density at radius 3 is 2.57 bits per heavy atom. The fraction of sp³-hybridized carbons (Fsp3) is 0.421. The SMILES string of the molecule is O=C(C1CCCO1)N1CCN(c2cccc3ccccc23)CC1. The van der Waals surface area contributed by atoms with Gasteiger partial charge >= 0.3 is 0 Å². The smallest absolute Gasteiger partial charge is 0.251 e. The Morgan fingerprint density at radius 2 is 1.78 bits per heavy atom. The lowest BCUT2D eigenvalue weighted by Gasteiger charge is -2.37. The average Bonchev–Trinajstić information content (AvgIpc) is 3.15. The first-order valence-corrected chi connectivity index (χ1v) is 8.46. The standard InChI is InChI=1S/C19H22N2O2/c22-19(18-9-4-14-23-18)21-12-10-20(11-13-21)17-8-3-6-15-5-1-2-7-16(15)17/h1-3,5-8,18H,4,9-14H2. The van der Waals surface area contributed by atoms with Gasteiger partial charge in [0.25, 0.3) is 5.91 Å². The summed E-state index contributed by atoms with van der Waals surface area (Å²) in [5.41, 5.74) is 1.27. The molecule has 2 aliphatic rings. The van der Waals surface area contributed by atoms with E-state index in [9.17, 15) is 4.79 Å². The molecule has 0 aromatic heterocycles. The Kier molecular flexibility index (Phi) is 3.92. The predicted molar refractivity (Wildman–Crippen MR) is 91.7 cm³/mol. The number of piperazine rings is 1. The minimum atomic E-state index is -0.195. The zero-order valence-corrected chi connectivity index (χ0v) is 13.3. The number of benzene rings is 2. The quantitative estimate of drug-likeness (QED) is 0.855. The van der Waals surface area contributed by atoms with Gasteiger partial charge in [0.1, 0.15) is 6.10 Å². The minimum absolute atomic E-state index is 0.181. The Bertz CT molecular complexity index is 696. The summed E-state index contributed by atoms with van der Waals surface area (Å²) in [7, 11) is 0. The molecule has 2 aliphatic heterocycles. The van der Waals surface area contributed by atoms with E-state index in [2.05, 4.69) is 47.4 Å². The third-order valence-corrected chi connectivity index (χ3v) is 4.90. The van der Waals surface area contributed by atoms with E-state index in [1.807, 2.05) is 4.90 Å². The fourth-order valence-corrected chi connectivity index (χ4v) is 3.63. The molecule has 0 saturated carbocycles. The molecule has 1 amide bonds. The van der Waals surface area contributed by atoms with Crippen molar-refractivity contribution in [1.82, 2.24) is 4.90 Å². The molecular weight excluding hydrogens is 288 g/mol. The second kappa shape index (κ2) is 6.20. The summed E-state index contributed by atoms with van der Waals surface area (Å²) < 4.78 is 5.53. The van der Waals surface area contributed by atoms with Crippen LogP contribution in [0.15, 0.2) is 42.5 Å². The van der Waals surface area contributed by atoms with Gasteiger partial charge < -0.3 is 14.5 Å². The zero-order valence-electron chi connectivity index (χ0n) is 13.3. The normalized spacial score (nSPS) is 21.8. The van der Waals surface area contributed by atoms with Crippen LogP contribution in [-0.4, -0.2) is 49.7 Å². The molecule has 1 unspecified atom stereocenters. The molecule has 0 bridgehead atoms. The summed E-state index contributed by atoms with van der Waals surface area (Å²) in [6, 6.07) is 14.9. The highest BCUT2D eigenvalue weighted by molar-refractivity contribution is 5.94. The van der Waals surface area contributed by atoms with Crippen LogP contribution in [0.5, 0.6) is 0 Å². The van der Waals surface area contributed by atoms with E-state index in [1.54, 1.807) is 0 Å². The summed E-state index contributed by atoms with van der Waals surface area (Å²) in [6.45, 7) is 4.05. The fourth-order valence-electron chi connectivity index (χ4n) is 3.63. The van der Waals surface area contributed by atoms with Crippen molar-refractivity contribution >= 4 is 22.4 Å². The zero-order chi connectivity index (χ0) is 15.6. The first-order valence-electron chi connectivity index (χ1n) is 8.46. The van der Waals surface area contributed by atoms with Crippen LogP contribution in [0, 0.1) is 0 Å². The Hall–Kier alpha value is -2.07. The maximum atomic E-state index is 12.4. The highest BCUT2D eigenvalue weighted by Gasteiger charge is 2.30. The van der Waals surface area contributed by atoms with Crippen molar-refractivity contribution in [2.45, 2.75) is 18.9 Å². The van der Waals surface area contributed by atoms with Crippen molar-refractivity contribution in [3.63, 3.8) is 0 Å². The summed E-state index contributed by atoms with van der Waals surface area (Å²) in [5.74, 6) is 0.181. The number of anilines is 1. The van der Waals surface area contributed by atoms with E-state index in [-0.39, 0.29) is 12.0 Å². The van der Waals surface area contributed by atoms with Crippen molar-refractivity contribution in [2.24, 2.45) is 0 Å². The largest absolute Gasteiger partial charge is 0.368 e. The van der Waals surface area contributed by atoms with Gasteiger partial charge in [0.05, 0.1) is 0 Å². The van der Waals surface area contributed by atoms with Gasteiger partial charge in [-0.1, -0.05) is 36.4 Å². The van der Waals surface area contributed by atoms with Crippen molar-refractivity contribution in [2.75, 3.05) is 37.7 Å². The van der Waals surface area contributed by atoms with E-state index < -0.39 is 0 Å². The summed E-state index contributed by atoms with van der Waals surface area (Å²) in [4.78, 5) is 16.8. The van der Waals surface area contributed by atoms with E-state index in [1.165, 1.54) is 16.5 Å². The number of ether oxygens (including phenoxy) is 1. The van der Waals surface area contributed by atoms with Gasteiger partial charge in [-0.3, -0.25) is 4.79 Å². The second-order valence-electron chi connectivity index (χ2n) is 6.31. The van der Waals surface area contributed by atoms with Crippen LogP contribution in [0.3, 0.4) is 0 Å². The highest BCUT2D eigenvalue weighted by Crippen LogP contribution is 2.27.